The van der Waals surface area contributed by atoms with Gasteiger partial charge in [-0.2, -0.15) is 0 Å². The van der Waals surface area contributed by atoms with Crippen molar-refractivity contribution in [3.8, 4) is 5.75 Å². The fraction of sp³-hybridized carbons (Fsp3) is 0.600. The molecule has 1 rings (SSSR count). The molecule has 0 aromatic heterocycles. The van der Waals surface area contributed by atoms with Gasteiger partial charge in [-0.15, -0.1) is 0 Å². The summed E-state index contributed by atoms with van der Waals surface area (Å²) in [6, 6.07) is 8.68. The first-order chi connectivity index (χ1) is 8.74. The lowest BCUT2D eigenvalue weighted by Gasteiger charge is -2.24. The molecule has 0 heterocycles. The number of nitrogens with one attached hydrogen (secondary N) is 1. The van der Waals surface area contributed by atoms with Crippen molar-refractivity contribution in [1.82, 2.24) is 5.32 Å². The van der Waals surface area contributed by atoms with Gasteiger partial charge in [-0.05, 0) is 44.0 Å². The fourth-order valence-electron chi connectivity index (χ4n) is 2.25. The summed E-state index contributed by atoms with van der Waals surface area (Å²) >= 11 is 0. The number of hydrogen-bond donors (Lipinski definition) is 1. The van der Waals surface area contributed by atoms with E-state index in [4.69, 9.17) is 9.47 Å². The molecule has 2 atom stereocenters. The molecular formula is C15H25NO2. The molecule has 0 bridgehead atoms. The first-order valence-corrected chi connectivity index (χ1v) is 6.58. The second-order valence-corrected chi connectivity index (χ2v) is 4.46. The van der Waals surface area contributed by atoms with Gasteiger partial charge in [-0.1, -0.05) is 19.1 Å². The van der Waals surface area contributed by atoms with Gasteiger partial charge >= 0.3 is 0 Å². The van der Waals surface area contributed by atoms with Crippen molar-refractivity contribution >= 4 is 0 Å². The second kappa shape index (κ2) is 8.11. The van der Waals surface area contributed by atoms with Gasteiger partial charge in [0.15, 0.2) is 0 Å². The lowest BCUT2D eigenvalue weighted by molar-refractivity contribution is 0.0651. The van der Waals surface area contributed by atoms with Crippen molar-refractivity contribution in [2.75, 3.05) is 21.3 Å². The smallest absolute Gasteiger partial charge is 0.118 e. The van der Waals surface area contributed by atoms with E-state index in [1.165, 1.54) is 5.56 Å². The summed E-state index contributed by atoms with van der Waals surface area (Å²) in [5.74, 6) is 0.909. The monoisotopic (exact) mass is 251 g/mol. The summed E-state index contributed by atoms with van der Waals surface area (Å²) < 4.78 is 10.7. The molecule has 18 heavy (non-hydrogen) atoms. The van der Waals surface area contributed by atoms with E-state index in [0.29, 0.717) is 6.04 Å². The Morgan fingerprint density at radius 3 is 2.28 bits per heavy atom. The Bertz CT molecular complexity index is 320. The molecule has 0 spiro atoms. The SMILES string of the molecule is CCC(OC)C(CCc1ccc(OC)cc1)NC. The Morgan fingerprint density at radius 2 is 1.83 bits per heavy atom. The fourth-order valence-corrected chi connectivity index (χ4v) is 2.25. The Morgan fingerprint density at radius 1 is 1.17 bits per heavy atom. The summed E-state index contributed by atoms with van der Waals surface area (Å²) in [4.78, 5) is 0. The van der Waals surface area contributed by atoms with Crippen molar-refractivity contribution in [2.24, 2.45) is 0 Å². The van der Waals surface area contributed by atoms with Crippen LogP contribution >= 0.6 is 0 Å². The van der Waals surface area contributed by atoms with Crippen LogP contribution in [0.25, 0.3) is 0 Å². The van der Waals surface area contributed by atoms with E-state index in [0.717, 1.165) is 25.0 Å². The van der Waals surface area contributed by atoms with E-state index >= 15 is 0 Å². The molecule has 0 aliphatic rings. The molecule has 3 heteroatoms. The van der Waals surface area contributed by atoms with Crippen molar-refractivity contribution in [2.45, 2.75) is 38.3 Å². The van der Waals surface area contributed by atoms with Crippen molar-refractivity contribution in [3.05, 3.63) is 29.8 Å². The average molecular weight is 251 g/mol. The number of methoxy groups -OCH3 is 2. The lowest BCUT2D eigenvalue weighted by atomic mass is 10.00. The standard InChI is InChI=1S/C15H25NO2/c1-5-15(18-4)14(16-2)11-8-12-6-9-13(17-3)10-7-12/h6-7,9-10,14-16H,5,8,11H2,1-4H3. The topological polar surface area (TPSA) is 30.5 Å². The number of hydrogen-bond acceptors (Lipinski definition) is 3. The maximum Gasteiger partial charge on any atom is 0.118 e. The van der Waals surface area contributed by atoms with Crippen LogP contribution in [0.4, 0.5) is 0 Å². The number of likely N-dealkylation sites (N-methyl/N-ethyl adjacent to an activating group) is 1. The maximum absolute atomic E-state index is 5.49. The average Bonchev–Trinajstić information content (AvgIpc) is 2.44. The molecule has 0 amide bonds. The predicted octanol–water partition coefficient (Wildman–Crippen LogP) is 2.64. The van der Waals surface area contributed by atoms with Crippen LogP contribution in [-0.4, -0.2) is 33.4 Å². The van der Waals surface area contributed by atoms with Crippen LogP contribution in [0.1, 0.15) is 25.3 Å². The molecular weight excluding hydrogens is 226 g/mol. The zero-order chi connectivity index (χ0) is 13.4. The van der Waals surface area contributed by atoms with Crippen molar-refractivity contribution < 1.29 is 9.47 Å². The van der Waals surface area contributed by atoms with Crippen LogP contribution in [0, 0.1) is 0 Å². The third kappa shape index (κ3) is 4.31. The summed E-state index contributed by atoms with van der Waals surface area (Å²) in [5, 5.41) is 3.35. The molecule has 1 aromatic carbocycles. The maximum atomic E-state index is 5.49. The number of aryl methyl sites for hydroxylation is 1. The quantitative estimate of drug-likeness (QED) is 0.770. The first-order valence-electron chi connectivity index (χ1n) is 6.58. The first kappa shape index (κ1) is 15.0. The predicted molar refractivity (Wildman–Crippen MR) is 75.3 cm³/mol. The summed E-state index contributed by atoms with van der Waals surface area (Å²) in [6.07, 6.45) is 3.45. The van der Waals surface area contributed by atoms with Crippen molar-refractivity contribution in [1.29, 1.82) is 0 Å². The van der Waals surface area contributed by atoms with Crippen molar-refractivity contribution in [3.63, 3.8) is 0 Å². The van der Waals surface area contributed by atoms with Crippen LogP contribution in [-0.2, 0) is 11.2 Å². The zero-order valence-electron chi connectivity index (χ0n) is 11.9. The van der Waals surface area contributed by atoms with E-state index in [9.17, 15) is 0 Å². The third-order valence-electron chi connectivity index (χ3n) is 3.43. The molecule has 3 nitrogen and oxygen atoms in total. The molecule has 1 N–H and O–H groups in total. The Kier molecular flexibility index (Phi) is 6.76. The summed E-state index contributed by atoms with van der Waals surface area (Å²) in [7, 11) is 5.47. The van der Waals surface area contributed by atoms with Crippen LogP contribution in [0.15, 0.2) is 24.3 Å². The highest BCUT2D eigenvalue weighted by atomic mass is 16.5. The van der Waals surface area contributed by atoms with Gasteiger partial charge in [0.25, 0.3) is 0 Å². The van der Waals surface area contributed by atoms with E-state index in [2.05, 4.69) is 24.4 Å². The van der Waals surface area contributed by atoms with Gasteiger partial charge in [0.1, 0.15) is 5.75 Å². The van der Waals surface area contributed by atoms with Gasteiger partial charge in [0, 0.05) is 13.2 Å². The molecule has 0 radical (unpaired) electrons. The van der Waals surface area contributed by atoms with Gasteiger partial charge in [-0.3, -0.25) is 0 Å². The van der Waals surface area contributed by atoms with Gasteiger partial charge in [0.05, 0.1) is 13.2 Å². The molecule has 0 aliphatic heterocycles. The minimum Gasteiger partial charge on any atom is -0.497 e. The Hall–Kier alpha value is -1.06. The van der Waals surface area contributed by atoms with E-state index < -0.39 is 0 Å². The van der Waals surface area contributed by atoms with Gasteiger partial charge < -0.3 is 14.8 Å². The number of rotatable bonds is 8. The molecule has 0 saturated carbocycles. The highest BCUT2D eigenvalue weighted by molar-refractivity contribution is 5.27. The highest BCUT2D eigenvalue weighted by Gasteiger charge is 2.17. The minimum absolute atomic E-state index is 0.285. The zero-order valence-corrected chi connectivity index (χ0v) is 11.9. The Balaban J connectivity index is 2.51. The van der Waals surface area contributed by atoms with Crippen LogP contribution < -0.4 is 10.1 Å². The second-order valence-electron chi connectivity index (χ2n) is 4.46. The molecule has 102 valence electrons. The largest absolute Gasteiger partial charge is 0.497 e. The van der Waals surface area contributed by atoms with E-state index in [-0.39, 0.29) is 6.10 Å². The van der Waals surface area contributed by atoms with Crippen LogP contribution in [0.2, 0.25) is 0 Å². The minimum atomic E-state index is 0.285. The summed E-state index contributed by atoms with van der Waals surface area (Å²) in [5.41, 5.74) is 1.34. The summed E-state index contributed by atoms with van der Waals surface area (Å²) in [6.45, 7) is 2.16. The van der Waals surface area contributed by atoms with Crippen LogP contribution in [0.3, 0.4) is 0 Å². The van der Waals surface area contributed by atoms with Gasteiger partial charge in [-0.25, -0.2) is 0 Å². The highest BCUT2D eigenvalue weighted by Crippen LogP contribution is 2.15. The molecule has 0 saturated heterocycles. The van der Waals surface area contributed by atoms with Crippen LogP contribution in [0.5, 0.6) is 5.75 Å². The third-order valence-corrected chi connectivity index (χ3v) is 3.43. The van der Waals surface area contributed by atoms with E-state index in [1.54, 1.807) is 14.2 Å². The lowest BCUT2D eigenvalue weighted by Crippen LogP contribution is -2.38. The number of benzene rings is 1. The number of ether oxygens (including phenoxy) is 2. The molecule has 1 aromatic rings. The molecule has 2 unspecified atom stereocenters. The van der Waals surface area contributed by atoms with Gasteiger partial charge in [0.2, 0.25) is 0 Å². The molecule has 0 aliphatic carbocycles. The normalized spacial score (nSPS) is 14.2. The molecule has 0 fully saturated rings. The Labute approximate surface area is 110 Å². The van der Waals surface area contributed by atoms with E-state index in [1.807, 2.05) is 19.2 Å².